The van der Waals surface area contributed by atoms with Crippen LogP contribution >= 0.6 is 0 Å². The van der Waals surface area contributed by atoms with Crippen molar-refractivity contribution in [2.45, 2.75) is 50.0 Å². The van der Waals surface area contributed by atoms with Gasteiger partial charge >= 0.3 is 5.69 Å². The maximum Gasteiger partial charge on any atom is 0.329 e. The van der Waals surface area contributed by atoms with Crippen molar-refractivity contribution in [2.24, 2.45) is 13.0 Å². The molecule has 4 heterocycles. The van der Waals surface area contributed by atoms with E-state index in [1.807, 2.05) is 4.90 Å². The van der Waals surface area contributed by atoms with Crippen LogP contribution in [0.15, 0.2) is 16.9 Å². The quantitative estimate of drug-likeness (QED) is 0.729. The number of benzene rings is 1. The second-order valence-electron chi connectivity index (χ2n) is 10.1. The summed E-state index contributed by atoms with van der Waals surface area (Å²) in [6, 6.07) is 2.75. The van der Waals surface area contributed by atoms with Gasteiger partial charge in [-0.15, -0.1) is 0 Å². The maximum absolute atomic E-state index is 15.3. The molecule has 33 heavy (non-hydrogen) atoms. The number of rotatable bonds is 4. The zero-order valence-electron chi connectivity index (χ0n) is 19.3. The number of piperidine rings is 3. The molecule has 0 saturated carbocycles. The van der Waals surface area contributed by atoms with Crippen LogP contribution < -0.4 is 16.3 Å². The smallest absolute Gasteiger partial charge is 0.317 e. The lowest BCUT2D eigenvalue weighted by molar-refractivity contribution is -0.0868. The zero-order valence-corrected chi connectivity index (χ0v) is 19.3. The first-order valence-corrected chi connectivity index (χ1v) is 12.3. The number of fused-ring (bicyclic) bond motifs is 1. The Bertz CT molecular complexity index is 1050. The highest BCUT2D eigenvalue weighted by Crippen LogP contribution is 2.42. The highest BCUT2D eigenvalue weighted by atomic mass is 19.3. The number of likely N-dealkylation sites (tertiary alicyclic amines) is 1. The molecule has 2 N–H and O–H groups in total. The van der Waals surface area contributed by atoms with E-state index in [2.05, 4.69) is 10.6 Å². The van der Waals surface area contributed by atoms with Crippen molar-refractivity contribution in [1.29, 1.82) is 0 Å². The molecule has 3 saturated heterocycles. The van der Waals surface area contributed by atoms with Gasteiger partial charge < -0.3 is 10.6 Å². The van der Waals surface area contributed by atoms with E-state index in [0.29, 0.717) is 36.6 Å². The van der Waals surface area contributed by atoms with E-state index in [4.69, 9.17) is 0 Å². The summed E-state index contributed by atoms with van der Waals surface area (Å²) in [6.45, 7) is 4.31. The van der Waals surface area contributed by atoms with E-state index in [-0.39, 0.29) is 30.3 Å². The second-order valence-corrected chi connectivity index (χ2v) is 10.1. The van der Waals surface area contributed by atoms with Gasteiger partial charge in [0.1, 0.15) is 5.82 Å². The van der Waals surface area contributed by atoms with Gasteiger partial charge in [0, 0.05) is 26.2 Å². The number of nitrogens with one attached hydrogen (secondary N) is 2. The molecule has 1 aromatic heterocycles. The molecule has 0 radical (unpaired) electrons. The number of imidazole rings is 1. The van der Waals surface area contributed by atoms with Crippen molar-refractivity contribution in [3.8, 4) is 0 Å². The number of hydrogen-bond acceptors (Lipinski definition) is 4. The fourth-order valence-electron chi connectivity index (χ4n) is 6.05. The van der Waals surface area contributed by atoms with Crippen molar-refractivity contribution < 1.29 is 13.2 Å². The molecule has 2 aromatic rings. The molecule has 0 aliphatic carbocycles. The van der Waals surface area contributed by atoms with Crippen LogP contribution in [0.25, 0.3) is 11.0 Å². The molecule has 182 valence electrons. The monoisotopic (exact) mass is 465 g/mol. The van der Waals surface area contributed by atoms with Crippen LogP contribution in [-0.2, 0) is 7.05 Å². The Morgan fingerprint density at radius 2 is 1.85 bits per heavy atom. The Kier molecular flexibility index (Phi) is 6.30. The molecule has 3 aliphatic heterocycles. The molecule has 0 bridgehead atoms. The van der Waals surface area contributed by atoms with Crippen LogP contribution in [0, 0.1) is 11.7 Å². The SMILES string of the molecule is Cn1c(=O)n(C2CCCNC2)c2cc(F)c(C3CCN(CC4CCNCC4)CC3(F)F)cc21. The van der Waals surface area contributed by atoms with Crippen LogP contribution in [0.3, 0.4) is 0 Å². The van der Waals surface area contributed by atoms with E-state index in [0.717, 1.165) is 45.3 Å². The molecule has 9 heteroatoms. The normalized spacial score (nSPS) is 27.3. The highest BCUT2D eigenvalue weighted by molar-refractivity contribution is 5.77. The average Bonchev–Trinajstić information content (AvgIpc) is 3.03. The summed E-state index contributed by atoms with van der Waals surface area (Å²) >= 11 is 0. The number of alkyl halides is 2. The third-order valence-electron chi connectivity index (χ3n) is 7.87. The lowest BCUT2D eigenvalue weighted by Gasteiger charge is -2.40. The molecular formula is C24H34F3N5O. The maximum atomic E-state index is 15.3. The summed E-state index contributed by atoms with van der Waals surface area (Å²) in [7, 11) is 1.64. The Morgan fingerprint density at radius 1 is 1.06 bits per heavy atom. The van der Waals surface area contributed by atoms with E-state index in [1.54, 1.807) is 11.6 Å². The Hall–Kier alpha value is -1.84. The minimum absolute atomic E-state index is 0.0311. The number of halogens is 3. The van der Waals surface area contributed by atoms with Gasteiger partial charge in [-0.1, -0.05) is 0 Å². The predicted octanol–water partition coefficient (Wildman–Crippen LogP) is 2.83. The Labute approximate surface area is 192 Å². The summed E-state index contributed by atoms with van der Waals surface area (Å²) in [5, 5.41) is 6.60. The van der Waals surface area contributed by atoms with Gasteiger partial charge in [0.15, 0.2) is 0 Å². The first kappa shape index (κ1) is 22.9. The average molecular weight is 466 g/mol. The molecule has 2 atom stereocenters. The van der Waals surface area contributed by atoms with Crippen molar-refractivity contribution in [3.05, 3.63) is 34.0 Å². The van der Waals surface area contributed by atoms with Gasteiger partial charge in [-0.25, -0.2) is 18.0 Å². The topological polar surface area (TPSA) is 54.2 Å². The van der Waals surface area contributed by atoms with Crippen LogP contribution in [0.1, 0.15) is 49.6 Å². The summed E-state index contributed by atoms with van der Waals surface area (Å²) in [5.41, 5.74) is 0.821. The van der Waals surface area contributed by atoms with Crippen molar-refractivity contribution in [2.75, 3.05) is 45.8 Å². The molecule has 0 spiro atoms. The predicted molar refractivity (Wildman–Crippen MR) is 123 cm³/mol. The fourth-order valence-corrected chi connectivity index (χ4v) is 6.05. The van der Waals surface area contributed by atoms with Crippen LogP contribution in [0.2, 0.25) is 0 Å². The fraction of sp³-hybridized carbons (Fsp3) is 0.708. The molecule has 1 aromatic carbocycles. The first-order chi connectivity index (χ1) is 15.8. The largest absolute Gasteiger partial charge is 0.329 e. The zero-order chi connectivity index (χ0) is 23.2. The lowest BCUT2D eigenvalue weighted by atomic mass is 9.85. The summed E-state index contributed by atoms with van der Waals surface area (Å²) in [5.74, 6) is -4.40. The summed E-state index contributed by atoms with van der Waals surface area (Å²) in [6.07, 6.45) is 4.01. The highest BCUT2D eigenvalue weighted by Gasteiger charge is 2.46. The number of nitrogens with zero attached hydrogens (tertiary/aromatic N) is 3. The summed E-state index contributed by atoms with van der Waals surface area (Å²) in [4.78, 5) is 14.8. The van der Waals surface area contributed by atoms with Gasteiger partial charge in [-0.2, -0.15) is 0 Å². The van der Waals surface area contributed by atoms with Crippen molar-refractivity contribution in [1.82, 2.24) is 24.7 Å². The minimum Gasteiger partial charge on any atom is -0.317 e. The van der Waals surface area contributed by atoms with Crippen LogP contribution in [-0.4, -0.2) is 65.8 Å². The third-order valence-corrected chi connectivity index (χ3v) is 7.87. The van der Waals surface area contributed by atoms with E-state index >= 15 is 13.2 Å². The van der Waals surface area contributed by atoms with Gasteiger partial charge in [-0.3, -0.25) is 14.0 Å². The van der Waals surface area contributed by atoms with Crippen molar-refractivity contribution >= 4 is 11.0 Å². The van der Waals surface area contributed by atoms with Crippen molar-refractivity contribution in [3.63, 3.8) is 0 Å². The van der Waals surface area contributed by atoms with Crippen LogP contribution in [0.4, 0.5) is 13.2 Å². The third kappa shape index (κ3) is 4.35. The van der Waals surface area contributed by atoms with E-state index in [1.165, 1.54) is 16.7 Å². The van der Waals surface area contributed by atoms with E-state index in [9.17, 15) is 4.79 Å². The minimum atomic E-state index is -3.02. The Morgan fingerprint density at radius 3 is 2.55 bits per heavy atom. The van der Waals surface area contributed by atoms with Gasteiger partial charge in [0.05, 0.1) is 29.5 Å². The Balaban J connectivity index is 1.42. The lowest BCUT2D eigenvalue weighted by Crippen LogP contribution is -2.49. The van der Waals surface area contributed by atoms with Gasteiger partial charge in [-0.05, 0) is 75.8 Å². The van der Waals surface area contributed by atoms with Gasteiger partial charge in [0.25, 0.3) is 5.92 Å². The molecule has 3 fully saturated rings. The molecule has 0 amide bonds. The molecule has 2 unspecified atom stereocenters. The van der Waals surface area contributed by atoms with E-state index < -0.39 is 17.7 Å². The summed E-state index contributed by atoms with van der Waals surface area (Å²) < 4.78 is 49.0. The molecule has 3 aliphatic rings. The van der Waals surface area contributed by atoms with Gasteiger partial charge in [0.2, 0.25) is 0 Å². The molecule has 5 rings (SSSR count). The standard InChI is InChI=1S/C24H34F3N5O/c1-30-21-11-18(20(25)12-22(21)32(23(30)33)17-3-2-7-29-13-17)19-6-10-31(15-24(19,26)27)14-16-4-8-28-9-5-16/h11-12,16-17,19,28-29H,2-10,13-15H2,1H3. The van der Waals surface area contributed by atoms with Crippen LogP contribution in [0.5, 0.6) is 0 Å². The number of aromatic nitrogens is 2. The second kappa shape index (κ2) is 9.07. The first-order valence-electron chi connectivity index (χ1n) is 12.3. The number of hydrogen-bond donors (Lipinski definition) is 2. The number of aryl methyl sites for hydroxylation is 1. The molecular weight excluding hydrogens is 431 g/mol. The molecule has 6 nitrogen and oxygen atoms in total.